The minimum Gasteiger partial charge on any atom is -0.398 e. The number of thiol groups is 1. The SMILES string of the molecule is Nc1ccccc1C[SH](=O)=O. The van der Waals surface area contributed by atoms with Crippen molar-refractivity contribution in [1.29, 1.82) is 0 Å². The van der Waals surface area contributed by atoms with Gasteiger partial charge in [-0.1, -0.05) is 18.2 Å². The van der Waals surface area contributed by atoms with Gasteiger partial charge in [-0.05, 0) is 11.6 Å². The van der Waals surface area contributed by atoms with Gasteiger partial charge in [0.25, 0.3) is 0 Å². The van der Waals surface area contributed by atoms with E-state index < -0.39 is 10.7 Å². The maximum absolute atomic E-state index is 10.3. The third-order valence-corrected chi connectivity index (χ3v) is 1.95. The van der Waals surface area contributed by atoms with E-state index in [-0.39, 0.29) is 5.75 Å². The molecule has 0 atom stereocenters. The van der Waals surface area contributed by atoms with Gasteiger partial charge in [0.15, 0.2) is 0 Å². The van der Waals surface area contributed by atoms with E-state index in [1.165, 1.54) is 0 Å². The van der Waals surface area contributed by atoms with E-state index in [0.717, 1.165) is 0 Å². The molecule has 0 aromatic heterocycles. The van der Waals surface area contributed by atoms with Crippen molar-refractivity contribution in [1.82, 2.24) is 0 Å². The Morgan fingerprint density at radius 2 is 1.91 bits per heavy atom. The number of anilines is 1. The van der Waals surface area contributed by atoms with Crippen molar-refractivity contribution in [3.05, 3.63) is 29.8 Å². The van der Waals surface area contributed by atoms with Crippen LogP contribution in [0.15, 0.2) is 24.3 Å². The van der Waals surface area contributed by atoms with E-state index in [1.54, 1.807) is 24.3 Å². The molecule has 0 bridgehead atoms. The van der Waals surface area contributed by atoms with Gasteiger partial charge in [-0.2, -0.15) is 0 Å². The Morgan fingerprint density at radius 3 is 2.45 bits per heavy atom. The molecule has 11 heavy (non-hydrogen) atoms. The molecule has 0 amide bonds. The summed E-state index contributed by atoms with van der Waals surface area (Å²) >= 11 is 0. The van der Waals surface area contributed by atoms with Crippen LogP contribution in [-0.2, 0) is 16.5 Å². The number of hydrogen-bond acceptors (Lipinski definition) is 3. The number of nitrogen functional groups attached to an aromatic ring is 1. The van der Waals surface area contributed by atoms with Gasteiger partial charge in [-0.25, -0.2) is 8.42 Å². The maximum atomic E-state index is 10.3. The zero-order chi connectivity index (χ0) is 8.27. The lowest BCUT2D eigenvalue weighted by molar-refractivity contribution is 0.614. The highest BCUT2D eigenvalue weighted by molar-refractivity contribution is 7.71. The highest BCUT2D eigenvalue weighted by atomic mass is 32.2. The van der Waals surface area contributed by atoms with Crippen LogP contribution in [0.5, 0.6) is 0 Å². The van der Waals surface area contributed by atoms with Crippen LogP contribution < -0.4 is 5.73 Å². The molecule has 1 aromatic carbocycles. The lowest BCUT2D eigenvalue weighted by atomic mass is 10.2. The molecular weight excluding hydrogens is 162 g/mol. The van der Waals surface area contributed by atoms with E-state index in [2.05, 4.69) is 0 Å². The van der Waals surface area contributed by atoms with Gasteiger partial charge in [-0.15, -0.1) is 0 Å². The van der Waals surface area contributed by atoms with Crippen molar-refractivity contribution in [2.45, 2.75) is 5.75 Å². The molecule has 60 valence electrons. The largest absolute Gasteiger partial charge is 0.398 e. The van der Waals surface area contributed by atoms with Gasteiger partial charge in [0.2, 0.25) is 0 Å². The molecule has 0 saturated heterocycles. The van der Waals surface area contributed by atoms with Crippen LogP contribution in [0, 0.1) is 0 Å². The fourth-order valence-electron chi connectivity index (χ4n) is 0.817. The molecule has 0 radical (unpaired) electrons. The zero-order valence-corrected chi connectivity index (χ0v) is 6.75. The topological polar surface area (TPSA) is 60.2 Å². The summed E-state index contributed by atoms with van der Waals surface area (Å²) in [4.78, 5) is 0. The van der Waals surface area contributed by atoms with Crippen LogP contribution in [-0.4, -0.2) is 8.42 Å². The Kier molecular flexibility index (Phi) is 2.48. The van der Waals surface area contributed by atoms with Crippen molar-refractivity contribution >= 4 is 16.4 Å². The van der Waals surface area contributed by atoms with Gasteiger partial charge in [-0.3, -0.25) is 0 Å². The number of para-hydroxylation sites is 1. The third-order valence-electron chi connectivity index (χ3n) is 1.35. The average Bonchev–Trinajstić information content (AvgIpc) is 1.93. The van der Waals surface area contributed by atoms with E-state index in [1.807, 2.05) is 0 Å². The molecule has 0 unspecified atom stereocenters. The fourth-order valence-corrected chi connectivity index (χ4v) is 1.38. The number of rotatable bonds is 2. The molecule has 0 aliphatic carbocycles. The maximum Gasteiger partial charge on any atom is 0.144 e. The van der Waals surface area contributed by atoms with Crippen molar-refractivity contribution in [3.8, 4) is 0 Å². The molecule has 0 fully saturated rings. The molecule has 0 aliphatic heterocycles. The van der Waals surface area contributed by atoms with Gasteiger partial charge < -0.3 is 5.73 Å². The Morgan fingerprint density at radius 1 is 1.27 bits per heavy atom. The molecule has 0 heterocycles. The van der Waals surface area contributed by atoms with Gasteiger partial charge in [0, 0.05) is 5.69 Å². The molecule has 0 aliphatic rings. The summed E-state index contributed by atoms with van der Waals surface area (Å²) in [5.41, 5.74) is 6.71. The lowest BCUT2D eigenvalue weighted by Crippen LogP contribution is -1.94. The predicted molar refractivity (Wildman–Crippen MR) is 44.9 cm³/mol. The molecule has 1 aromatic rings. The zero-order valence-electron chi connectivity index (χ0n) is 5.86. The van der Waals surface area contributed by atoms with E-state index in [9.17, 15) is 8.42 Å². The summed E-state index contributed by atoms with van der Waals surface area (Å²) in [6.45, 7) is 0. The Hall–Kier alpha value is -1.03. The van der Waals surface area contributed by atoms with Crippen LogP contribution in [0.3, 0.4) is 0 Å². The van der Waals surface area contributed by atoms with Crippen LogP contribution >= 0.6 is 0 Å². The molecule has 2 N–H and O–H groups in total. The second-order valence-electron chi connectivity index (χ2n) is 2.19. The lowest BCUT2D eigenvalue weighted by Gasteiger charge is -1.98. The van der Waals surface area contributed by atoms with E-state index >= 15 is 0 Å². The smallest absolute Gasteiger partial charge is 0.144 e. The minimum atomic E-state index is -2.37. The highest BCUT2D eigenvalue weighted by Crippen LogP contribution is 2.10. The highest BCUT2D eigenvalue weighted by Gasteiger charge is 1.96. The first-order chi connectivity index (χ1) is 5.20. The Balaban J connectivity index is 2.94. The molecule has 3 nitrogen and oxygen atoms in total. The number of benzene rings is 1. The van der Waals surface area contributed by atoms with Gasteiger partial charge >= 0.3 is 0 Å². The average molecular weight is 171 g/mol. The summed E-state index contributed by atoms with van der Waals surface area (Å²) in [7, 11) is -2.37. The standard InChI is InChI=1S/C7H9NO2S/c8-7-4-2-1-3-6(7)5-11(9)10/h1-4,11H,5,8H2. The first-order valence-corrected chi connectivity index (χ1v) is 4.51. The van der Waals surface area contributed by atoms with Crippen LogP contribution in [0.2, 0.25) is 0 Å². The van der Waals surface area contributed by atoms with Crippen LogP contribution in [0.1, 0.15) is 5.56 Å². The molecule has 0 saturated carbocycles. The summed E-state index contributed by atoms with van der Waals surface area (Å²) < 4.78 is 20.6. The van der Waals surface area contributed by atoms with Gasteiger partial charge in [0.05, 0.1) is 5.75 Å². The summed E-state index contributed by atoms with van der Waals surface area (Å²) in [6, 6.07) is 6.94. The summed E-state index contributed by atoms with van der Waals surface area (Å²) in [6.07, 6.45) is 0. The van der Waals surface area contributed by atoms with E-state index in [0.29, 0.717) is 11.3 Å². The first-order valence-electron chi connectivity index (χ1n) is 3.15. The van der Waals surface area contributed by atoms with Crippen LogP contribution in [0.4, 0.5) is 5.69 Å². The molecule has 0 spiro atoms. The first kappa shape index (κ1) is 8.07. The van der Waals surface area contributed by atoms with Crippen LogP contribution in [0.25, 0.3) is 0 Å². The third kappa shape index (κ3) is 2.23. The van der Waals surface area contributed by atoms with E-state index in [4.69, 9.17) is 5.73 Å². The van der Waals surface area contributed by atoms with Crippen molar-refractivity contribution in [3.63, 3.8) is 0 Å². The van der Waals surface area contributed by atoms with Gasteiger partial charge in [0.1, 0.15) is 10.7 Å². The molecular formula is C7H9NO2S. The summed E-state index contributed by atoms with van der Waals surface area (Å²) in [5, 5.41) is 0. The quantitative estimate of drug-likeness (QED) is 0.499. The molecule has 4 heteroatoms. The number of nitrogens with two attached hydrogens (primary N) is 1. The predicted octanol–water partition coefficient (Wildman–Crippen LogP) is 0.380. The minimum absolute atomic E-state index is 0.0298. The fraction of sp³-hybridized carbons (Fsp3) is 0.143. The van der Waals surface area contributed by atoms with Crippen molar-refractivity contribution in [2.24, 2.45) is 0 Å². The number of hydrogen-bond donors (Lipinski definition) is 2. The van der Waals surface area contributed by atoms with Crippen molar-refractivity contribution in [2.75, 3.05) is 5.73 Å². The van der Waals surface area contributed by atoms with Crippen molar-refractivity contribution < 1.29 is 8.42 Å². The Labute approximate surface area is 66.8 Å². The normalized spacial score (nSPS) is 10.3. The second-order valence-corrected chi connectivity index (χ2v) is 3.17. The Bertz CT molecular complexity index is 312. The summed E-state index contributed by atoms with van der Waals surface area (Å²) in [5.74, 6) is 0.0298. The second kappa shape index (κ2) is 3.39. The monoisotopic (exact) mass is 171 g/mol. The molecule has 1 rings (SSSR count).